The summed E-state index contributed by atoms with van der Waals surface area (Å²) in [6.07, 6.45) is 3.40. The number of rotatable bonds is 4. The summed E-state index contributed by atoms with van der Waals surface area (Å²) < 4.78 is 0. The summed E-state index contributed by atoms with van der Waals surface area (Å²) in [5.41, 5.74) is 0.484. The van der Waals surface area contributed by atoms with E-state index in [0.717, 1.165) is 28.6 Å². The molecule has 2 aromatic rings. The van der Waals surface area contributed by atoms with Crippen molar-refractivity contribution in [3.8, 4) is 0 Å². The van der Waals surface area contributed by atoms with Crippen LogP contribution in [0.1, 0.15) is 19.8 Å². The topological polar surface area (TPSA) is 91.4 Å². The number of fused-ring (bicyclic) bond motifs is 1. The van der Waals surface area contributed by atoms with E-state index in [0.29, 0.717) is 5.69 Å². The quantitative estimate of drug-likeness (QED) is 0.833. The molecule has 2 aliphatic rings. The summed E-state index contributed by atoms with van der Waals surface area (Å²) in [6.45, 7) is 1.43. The van der Waals surface area contributed by atoms with Crippen molar-refractivity contribution in [3.63, 3.8) is 0 Å². The van der Waals surface area contributed by atoms with Gasteiger partial charge in [-0.2, -0.15) is 0 Å². The first-order valence-electron chi connectivity index (χ1n) is 8.26. The third-order valence-corrected chi connectivity index (χ3v) is 4.87. The van der Waals surface area contributed by atoms with Crippen LogP contribution in [0.2, 0.25) is 0 Å². The Morgan fingerprint density at radius 2 is 2.12 bits per heavy atom. The lowest BCUT2D eigenvalue weighted by Gasteiger charge is -2.20. The number of anilines is 1. The summed E-state index contributed by atoms with van der Waals surface area (Å²) in [5.74, 6) is -0.589. The molecule has 2 heterocycles. The van der Waals surface area contributed by atoms with Gasteiger partial charge in [0.1, 0.15) is 12.1 Å². The second-order valence-electron chi connectivity index (χ2n) is 6.76. The molecule has 25 heavy (non-hydrogen) atoms. The minimum atomic E-state index is -0.873. The van der Waals surface area contributed by atoms with Gasteiger partial charge in [0.05, 0.1) is 17.4 Å². The third kappa shape index (κ3) is 2.71. The first-order valence-corrected chi connectivity index (χ1v) is 8.26. The number of imide groups is 1. The number of nitrogens with one attached hydrogen (secondary N) is 2. The minimum absolute atomic E-state index is 0.168. The van der Waals surface area contributed by atoms with Gasteiger partial charge >= 0.3 is 6.03 Å². The molecular weight excluding hydrogens is 320 g/mol. The summed E-state index contributed by atoms with van der Waals surface area (Å²) in [7, 11) is 0. The lowest BCUT2D eigenvalue weighted by Crippen LogP contribution is -2.46. The van der Waals surface area contributed by atoms with E-state index in [2.05, 4.69) is 15.6 Å². The van der Waals surface area contributed by atoms with E-state index in [1.807, 2.05) is 24.3 Å². The van der Waals surface area contributed by atoms with Gasteiger partial charge in [0.2, 0.25) is 5.91 Å². The lowest BCUT2D eigenvalue weighted by atomic mass is 9.96. The zero-order valence-corrected chi connectivity index (χ0v) is 13.8. The van der Waals surface area contributed by atoms with Crippen LogP contribution in [0.3, 0.4) is 0 Å². The van der Waals surface area contributed by atoms with Crippen LogP contribution < -0.4 is 10.6 Å². The molecule has 4 rings (SSSR count). The van der Waals surface area contributed by atoms with Crippen LogP contribution in [0.5, 0.6) is 0 Å². The van der Waals surface area contributed by atoms with Crippen molar-refractivity contribution in [2.45, 2.75) is 25.3 Å². The molecule has 1 aromatic carbocycles. The monoisotopic (exact) mass is 338 g/mol. The third-order valence-electron chi connectivity index (χ3n) is 4.87. The first kappa shape index (κ1) is 15.6. The minimum Gasteiger partial charge on any atom is -0.323 e. The van der Waals surface area contributed by atoms with Crippen LogP contribution in [0.4, 0.5) is 10.5 Å². The van der Waals surface area contributed by atoms with Gasteiger partial charge in [-0.3, -0.25) is 19.5 Å². The fourth-order valence-corrected chi connectivity index (χ4v) is 3.28. The maximum absolute atomic E-state index is 12.5. The Bertz CT molecular complexity index is 893. The molecule has 7 heteroatoms. The lowest BCUT2D eigenvalue weighted by molar-refractivity contribution is -0.134. The number of amides is 4. The van der Waals surface area contributed by atoms with Crippen LogP contribution in [0.25, 0.3) is 10.9 Å². The van der Waals surface area contributed by atoms with Gasteiger partial charge in [-0.05, 0) is 37.8 Å². The van der Waals surface area contributed by atoms with Gasteiger partial charge in [-0.25, -0.2) is 4.79 Å². The van der Waals surface area contributed by atoms with Crippen molar-refractivity contribution in [2.75, 3.05) is 11.9 Å². The zero-order chi connectivity index (χ0) is 17.6. The molecule has 4 amide bonds. The Hall–Kier alpha value is -2.96. The number of hydrogen-bond acceptors (Lipinski definition) is 4. The molecule has 7 nitrogen and oxygen atoms in total. The highest BCUT2D eigenvalue weighted by Gasteiger charge is 2.56. The molecule has 0 spiro atoms. The molecule has 2 fully saturated rings. The highest BCUT2D eigenvalue weighted by atomic mass is 16.2. The van der Waals surface area contributed by atoms with E-state index in [1.165, 1.54) is 0 Å². The van der Waals surface area contributed by atoms with Gasteiger partial charge in [-0.1, -0.05) is 18.2 Å². The number of carbonyl (C=O) groups is 3. The Morgan fingerprint density at radius 1 is 1.36 bits per heavy atom. The SMILES string of the molecule is C[C@@]1(C2CC2)NC(=O)N(CC(=O)Nc2cnc3ccccc3c2)C1=O. The summed E-state index contributed by atoms with van der Waals surface area (Å²) in [4.78, 5) is 42.2. The van der Waals surface area contributed by atoms with Crippen LogP contribution >= 0.6 is 0 Å². The van der Waals surface area contributed by atoms with E-state index < -0.39 is 17.5 Å². The van der Waals surface area contributed by atoms with Crippen molar-refractivity contribution < 1.29 is 14.4 Å². The number of benzene rings is 1. The molecule has 1 aromatic heterocycles. The van der Waals surface area contributed by atoms with Crippen molar-refractivity contribution in [1.29, 1.82) is 0 Å². The second kappa shape index (κ2) is 5.54. The van der Waals surface area contributed by atoms with Gasteiger partial charge in [0.25, 0.3) is 5.91 Å². The Balaban J connectivity index is 1.46. The van der Waals surface area contributed by atoms with E-state index in [-0.39, 0.29) is 18.4 Å². The van der Waals surface area contributed by atoms with Gasteiger partial charge in [-0.15, -0.1) is 0 Å². The molecule has 1 saturated carbocycles. The molecular formula is C18H18N4O3. The Morgan fingerprint density at radius 3 is 2.88 bits per heavy atom. The Kier molecular flexibility index (Phi) is 3.45. The highest BCUT2D eigenvalue weighted by molar-refractivity contribution is 6.10. The molecule has 2 N–H and O–H groups in total. The smallest absolute Gasteiger partial charge is 0.323 e. The average molecular weight is 338 g/mol. The van der Waals surface area contributed by atoms with Crippen molar-refractivity contribution in [3.05, 3.63) is 36.5 Å². The van der Waals surface area contributed by atoms with E-state index >= 15 is 0 Å². The van der Waals surface area contributed by atoms with Crippen molar-refractivity contribution in [1.82, 2.24) is 15.2 Å². The van der Waals surface area contributed by atoms with Crippen molar-refractivity contribution >= 4 is 34.4 Å². The van der Waals surface area contributed by atoms with Crippen LogP contribution in [-0.2, 0) is 9.59 Å². The van der Waals surface area contributed by atoms with E-state index in [1.54, 1.807) is 19.2 Å². The van der Waals surface area contributed by atoms with Crippen LogP contribution in [0.15, 0.2) is 36.5 Å². The highest BCUT2D eigenvalue weighted by Crippen LogP contribution is 2.42. The number of para-hydroxylation sites is 1. The molecule has 0 radical (unpaired) electrons. The molecule has 0 unspecified atom stereocenters. The largest absolute Gasteiger partial charge is 0.325 e. The summed E-state index contributed by atoms with van der Waals surface area (Å²) >= 11 is 0. The predicted octanol–water partition coefficient (Wildman–Crippen LogP) is 1.89. The maximum atomic E-state index is 12.5. The van der Waals surface area contributed by atoms with Gasteiger partial charge in [0, 0.05) is 5.39 Å². The first-order chi connectivity index (χ1) is 12.0. The second-order valence-corrected chi connectivity index (χ2v) is 6.76. The van der Waals surface area contributed by atoms with E-state index in [9.17, 15) is 14.4 Å². The summed E-state index contributed by atoms with van der Waals surface area (Å²) in [5, 5.41) is 6.33. The molecule has 1 atom stereocenters. The number of aromatic nitrogens is 1. The fraction of sp³-hybridized carbons (Fsp3) is 0.333. The number of pyridine rings is 1. The molecule has 1 aliphatic carbocycles. The number of hydrogen-bond donors (Lipinski definition) is 2. The van der Waals surface area contributed by atoms with Crippen molar-refractivity contribution in [2.24, 2.45) is 5.92 Å². The molecule has 0 bridgehead atoms. The molecule has 1 saturated heterocycles. The van der Waals surface area contributed by atoms with Crippen LogP contribution in [0, 0.1) is 5.92 Å². The van der Waals surface area contributed by atoms with E-state index in [4.69, 9.17) is 0 Å². The normalized spacial score (nSPS) is 23.0. The average Bonchev–Trinajstić information content (AvgIpc) is 3.41. The predicted molar refractivity (Wildman–Crippen MR) is 91.7 cm³/mol. The number of carbonyl (C=O) groups excluding carboxylic acids is 3. The standard InChI is InChI=1S/C18H18N4O3/c1-18(12-6-7-12)16(24)22(17(25)21-18)10-15(23)20-13-8-11-4-2-3-5-14(11)19-9-13/h2-5,8-9,12H,6-7,10H2,1H3,(H,20,23)(H,21,25)/t18-/m0/s1. The number of urea groups is 1. The fourth-order valence-electron chi connectivity index (χ4n) is 3.28. The summed E-state index contributed by atoms with van der Waals surface area (Å²) in [6, 6.07) is 8.86. The maximum Gasteiger partial charge on any atom is 0.325 e. The molecule has 128 valence electrons. The van der Waals surface area contributed by atoms with Crippen LogP contribution in [-0.4, -0.2) is 39.8 Å². The zero-order valence-electron chi connectivity index (χ0n) is 13.8. The van der Waals surface area contributed by atoms with Gasteiger partial charge < -0.3 is 10.6 Å². The number of nitrogens with zero attached hydrogens (tertiary/aromatic N) is 2. The molecule has 1 aliphatic heterocycles. The van der Waals surface area contributed by atoms with Gasteiger partial charge in [0.15, 0.2) is 0 Å². The Labute approximate surface area is 144 Å².